The van der Waals surface area contributed by atoms with Crippen molar-refractivity contribution in [3.05, 3.63) is 0 Å². The van der Waals surface area contributed by atoms with Gasteiger partial charge in [0, 0.05) is 38.3 Å². The van der Waals surface area contributed by atoms with Crippen LogP contribution in [0.4, 0.5) is 0 Å². The van der Waals surface area contributed by atoms with Crippen LogP contribution in [0.15, 0.2) is 0 Å². The van der Waals surface area contributed by atoms with Crippen molar-refractivity contribution < 1.29 is 4.74 Å². The monoisotopic (exact) mass is 281 g/mol. The van der Waals surface area contributed by atoms with Gasteiger partial charge >= 0.3 is 0 Å². The Morgan fingerprint density at radius 2 is 1.85 bits per heavy atom. The highest BCUT2D eigenvalue weighted by molar-refractivity contribution is 4.99. The molecule has 3 fully saturated rings. The second-order valence-electron chi connectivity index (χ2n) is 7.00. The Balaban J connectivity index is 1.68. The lowest BCUT2D eigenvalue weighted by Gasteiger charge is -2.48. The maximum Gasteiger partial charge on any atom is 0.0572 e. The molecule has 4 nitrogen and oxygen atoms in total. The Morgan fingerprint density at radius 1 is 1.10 bits per heavy atom. The zero-order valence-corrected chi connectivity index (χ0v) is 13.0. The molecule has 2 aliphatic heterocycles. The van der Waals surface area contributed by atoms with Crippen LogP contribution in [-0.4, -0.2) is 67.3 Å². The van der Waals surface area contributed by atoms with E-state index < -0.39 is 0 Å². The third kappa shape index (κ3) is 2.76. The third-order valence-corrected chi connectivity index (χ3v) is 6.05. The minimum absolute atomic E-state index is 0.258. The molecule has 4 heteroatoms. The van der Waals surface area contributed by atoms with Crippen molar-refractivity contribution in [3.8, 4) is 0 Å². The van der Waals surface area contributed by atoms with Crippen LogP contribution in [0.2, 0.25) is 0 Å². The van der Waals surface area contributed by atoms with Gasteiger partial charge in [0.15, 0.2) is 0 Å². The Morgan fingerprint density at radius 3 is 2.55 bits per heavy atom. The maximum absolute atomic E-state index is 6.25. The van der Waals surface area contributed by atoms with Crippen molar-refractivity contribution in [2.75, 3.05) is 39.8 Å². The van der Waals surface area contributed by atoms with E-state index in [9.17, 15) is 0 Å². The summed E-state index contributed by atoms with van der Waals surface area (Å²) in [6.07, 6.45) is 9.34. The van der Waals surface area contributed by atoms with E-state index in [1.807, 2.05) is 7.11 Å². The lowest BCUT2D eigenvalue weighted by molar-refractivity contribution is -0.00908. The first-order valence-corrected chi connectivity index (χ1v) is 8.49. The van der Waals surface area contributed by atoms with Gasteiger partial charge in [0.05, 0.1) is 6.10 Å². The molecule has 0 spiro atoms. The highest BCUT2D eigenvalue weighted by atomic mass is 16.5. The van der Waals surface area contributed by atoms with E-state index in [-0.39, 0.29) is 5.54 Å². The molecular formula is C16H31N3O. The smallest absolute Gasteiger partial charge is 0.0572 e. The molecule has 0 aromatic heterocycles. The van der Waals surface area contributed by atoms with Gasteiger partial charge < -0.3 is 10.5 Å². The number of ether oxygens (including phenoxy) is 1. The highest BCUT2D eigenvalue weighted by Crippen LogP contribution is 2.36. The molecule has 1 unspecified atom stereocenters. The summed E-state index contributed by atoms with van der Waals surface area (Å²) in [6, 6.07) is 0.793. The molecule has 3 rings (SSSR count). The van der Waals surface area contributed by atoms with Gasteiger partial charge in [0.25, 0.3) is 0 Å². The minimum atomic E-state index is 0.258. The maximum atomic E-state index is 6.25. The van der Waals surface area contributed by atoms with Crippen molar-refractivity contribution in [1.29, 1.82) is 0 Å². The predicted molar refractivity (Wildman–Crippen MR) is 81.8 cm³/mol. The van der Waals surface area contributed by atoms with Crippen LogP contribution in [0.3, 0.4) is 0 Å². The summed E-state index contributed by atoms with van der Waals surface area (Å²) in [6.45, 7) is 5.91. The number of hydrogen-bond donors (Lipinski definition) is 1. The minimum Gasteiger partial charge on any atom is -0.381 e. The lowest BCUT2D eigenvalue weighted by Crippen LogP contribution is -2.58. The average Bonchev–Trinajstić information content (AvgIpc) is 2.84. The summed E-state index contributed by atoms with van der Waals surface area (Å²) >= 11 is 0. The number of nitrogens with two attached hydrogens (primary N) is 1. The van der Waals surface area contributed by atoms with Gasteiger partial charge in [-0.15, -0.1) is 0 Å². The number of rotatable bonds is 3. The Labute approximate surface area is 123 Å². The zero-order valence-electron chi connectivity index (χ0n) is 13.0. The molecule has 0 aromatic carbocycles. The summed E-state index contributed by atoms with van der Waals surface area (Å²) < 4.78 is 5.54. The summed E-state index contributed by atoms with van der Waals surface area (Å²) in [5, 5.41) is 0. The fraction of sp³-hybridized carbons (Fsp3) is 1.00. The predicted octanol–water partition coefficient (Wildman–Crippen LogP) is 1.44. The van der Waals surface area contributed by atoms with Crippen LogP contribution >= 0.6 is 0 Å². The number of nitrogens with zero attached hydrogens (tertiary/aromatic N) is 2. The van der Waals surface area contributed by atoms with Crippen molar-refractivity contribution >= 4 is 0 Å². The summed E-state index contributed by atoms with van der Waals surface area (Å²) in [4.78, 5) is 5.47. The first kappa shape index (κ1) is 14.8. The Bertz CT molecular complexity index is 315. The highest BCUT2D eigenvalue weighted by Gasteiger charge is 2.42. The first-order valence-electron chi connectivity index (χ1n) is 8.49. The molecule has 2 N–H and O–H groups in total. The fourth-order valence-electron chi connectivity index (χ4n) is 4.65. The van der Waals surface area contributed by atoms with Gasteiger partial charge in [-0.2, -0.15) is 0 Å². The topological polar surface area (TPSA) is 41.7 Å². The molecule has 0 bridgehead atoms. The molecule has 1 aliphatic carbocycles. The van der Waals surface area contributed by atoms with E-state index in [0.29, 0.717) is 6.10 Å². The van der Waals surface area contributed by atoms with Crippen LogP contribution in [0.5, 0.6) is 0 Å². The molecule has 2 heterocycles. The van der Waals surface area contributed by atoms with Crippen molar-refractivity contribution in [2.45, 2.75) is 62.6 Å². The molecule has 0 radical (unpaired) electrons. The second kappa shape index (κ2) is 6.30. The van der Waals surface area contributed by atoms with Crippen LogP contribution in [-0.2, 0) is 4.74 Å². The molecule has 1 saturated carbocycles. The molecule has 2 saturated heterocycles. The SMILES string of the molecule is COC1CCC(CN)(N2CCCN3CCCC3C2)CC1. The van der Waals surface area contributed by atoms with Gasteiger partial charge in [-0.3, -0.25) is 9.80 Å². The fourth-order valence-corrected chi connectivity index (χ4v) is 4.65. The summed E-state index contributed by atoms with van der Waals surface area (Å²) in [7, 11) is 1.85. The van der Waals surface area contributed by atoms with Crippen LogP contribution in [0.25, 0.3) is 0 Å². The van der Waals surface area contributed by atoms with E-state index in [0.717, 1.165) is 12.6 Å². The number of fused-ring (bicyclic) bond motifs is 1. The number of hydrogen-bond acceptors (Lipinski definition) is 4. The van der Waals surface area contributed by atoms with E-state index in [2.05, 4.69) is 9.80 Å². The van der Waals surface area contributed by atoms with Gasteiger partial charge in [-0.1, -0.05) is 0 Å². The van der Waals surface area contributed by atoms with E-state index >= 15 is 0 Å². The third-order valence-electron chi connectivity index (χ3n) is 6.05. The molecule has 116 valence electrons. The number of methoxy groups -OCH3 is 1. The lowest BCUT2D eigenvalue weighted by atomic mass is 9.78. The molecule has 20 heavy (non-hydrogen) atoms. The van der Waals surface area contributed by atoms with E-state index in [4.69, 9.17) is 10.5 Å². The molecule has 0 aromatic rings. The molecule has 3 aliphatic rings. The van der Waals surface area contributed by atoms with Crippen LogP contribution < -0.4 is 5.73 Å². The Hall–Kier alpha value is -0.160. The molecular weight excluding hydrogens is 250 g/mol. The quantitative estimate of drug-likeness (QED) is 0.850. The van der Waals surface area contributed by atoms with Crippen molar-refractivity contribution in [3.63, 3.8) is 0 Å². The largest absolute Gasteiger partial charge is 0.381 e. The standard InChI is InChI=1S/C16H31N3O/c1-20-15-5-7-16(13-17,8-6-15)19-11-3-10-18-9-2-4-14(18)12-19/h14-15H,2-13,17H2,1H3. The van der Waals surface area contributed by atoms with Gasteiger partial charge in [-0.25, -0.2) is 0 Å². The zero-order chi connectivity index (χ0) is 14.0. The van der Waals surface area contributed by atoms with E-state index in [1.54, 1.807) is 0 Å². The van der Waals surface area contributed by atoms with Gasteiger partial charge in [-0.05, 0) is 58.0 Å². The second-order valence-corrected chi connectivity index (χ2v) is 7.00. The van der Waals surface area contributed by atoms with E-state index in [1.165, 1.54) is 71.1 Å². The van der Waals surface area contributed by atoms with Gasteiger partial charge in [0.1, 0.15) is 0 Å². The summed E-state index contributed by atoms with van der Waals surface area (Å²) in [5.41, 5.74) is 6.51. The molecule has 1 atom stereocenters. The van der Waals surface area contributed by atoms with Crippen molar-refractivity contribution in [1.82, 2.24) is 9.80 Å². The normalized spacial score (nSPS) is 40.5. The van der Waals surface area contributed by atoms with Crippen LogP contribution in [0, 0.1) is 0 Å². The average molecular weight is 281 g/mol. The summed E-state index contributed by atoms with van der Waals surface area (Å²) in [5.74, 6) is 0. The first-order chi connectivity index (χ1) is 9.77. The van der Waals surface area contributed by atoms with Gasteiger partial charge in [0.2, 0.25) is 0 Å². The van der Waals surface area contributed by atoms with Crippen molar-refractivity contribution in [2.24, 2.45) is 5.73 Å². The van der Waals surface area contributed by atoms with Crippen LogP contribution in [0.1, 0.15) is 44.9 Å². The Kier molecular flexibility index (Phi) is 4.65. The molecule has 0 amide bonds.